The maximum atomic E-state index is 12.0. The zero-order valence-corrected chi connectivity index (χ0v) is 10.1. The largest absolute Gasteiger partial charge is 0.336 e. The smallest absolute Gasteiger partial charge is 0.324 e. The third-order valence-corrected chi connectivity index (χ3v) is 3.97. The number of rotatable bonds is 2. The Hall–Kier alpha value is -1.47. The summed E-state index contributed by atoms with van der Waals surface area (Å²) in [4.78, 5) is 24.1. The molecular weight excluding hydrogens is 242 g/mol. The fraction of sp³-hybridized carbons (Fsp3) is 0.500. The Morgan fingerprint density at radius 2 is 2.29 bits per heavy atom. The van der Waals surface area contributed by atoms with Gasteiger partial charge in [0.1, 0.15) is 0 Å². The molecule has 2 rings (SSSR count). The van der Waals surface area contributed by atoms with Crippen molar-refractivity contribution in [3.8, 4) is 0 Å². The lowest BCUT2D eigenvalue weighted by Gasteiger charge is -2.13. The van der Waals surface area contributed by atoms with Gasteiger partial charge in [0, 0.05) is 25.2 Å². The van der Waals surface area contributed by atoms with Crippen molar-refractivity contribution in [3.63, 3.8) is 0 Å². The van der Waals surface area contributed by atoms with Gasteiger partial charge in [-0.05, 0) is 12.0 Å². The molecule has 2 N–H and O–H groups in total. The lowest BCUT2D eigenvalue weighted by atomic mass is 10.1. The van der Waals surface area contributed by atoms with Crippen LogP contribution >= 0.6 is 11.3 Å². The highest BCUT2D eigenvalue weighted by atomic mass is 32.1. The first kappa shape index (κ1) is 12.0. The highest BCUT2D eigenvalue weighted by molar-refractivity contribution is 7.17. The SMILES string of the molecule is CC1CN(C(=O)c2ccc([N+](=O)[O-])s2)CC1N. The maximum absolute atomic E-state index is 12.0. The third-order valence-electron chi connectivity index (χ3n) is 2.94. The number of hydrogen-bond donors (Lipinski definition) is 1. The number of nitrogens with two attached hydrogens (primary N) is 1. The fourth-order valence-electron chi connectivity index (χ4n) is 1.85. The molecule has 6 nitrogen and oxygen atoms in total. The molecule has 0 aliphatic carbocycles. The van der Waals surface area contributed by atoms with Crippen molar-refractivity contribution in [2.45, 2.75) is 13.0 Å². The molecule has 0 saturated carbocycles. The first-order valence-corrected chi connectivity index (χ1v) is 6.09. The van der Waals surface area contributed by atoms with Gasteiger partial charge in [-0.1, -0.05) is 18.3 Å². The van der Waals surface area contributed by atoms with E-state index in [9.17, 15) is 14.9 Å². The summed E-state index contributed by atoms with van der Waals surface area (Å²) in [5.74, 6) is 0.108. The zero-order valence-electron chi connectivity index (χ0n) is 9.33. The molecule has 0 bridgehead atoms. The van der Waals surface area contributed by atoms with Crippen molar-refractivity contribution in [2.24, 2.45) is 11.7 Å². The van der Waals surface area contributed by atoms with Gasteiger partial charge in [0.05, 0.1) is 9.80 Å². The molecule has 1 aromatic rings. The highest BCUT2D eigenvalue weighted by Gasteiger charge is 2.31. The van der Waals surface area contributed by atoms with Crippen LogP contribution in [-0.2, 0) is 0 Å². The molecule has 0 spiro atoms. The van der Waals surface area contributed by atoms with E-state index in [4.69, 9.17) is 5.73 Å². The molecule has 2 unspecified atom stereocenters. The van der Waals surface area contributed by atoms with Gasteiger partial charge < -0.3 is 10.6 Å². The summed E-state index contributed by atoms with van der Waals surface area (Å²) in [5, 5.41) is 10.5. The number of hydrogen-bond acceptors (Lipinski definition) is 5. The summed E-state index contributed by atoms with van der Waals surface area (Å²) >= 11 is 0.907. The van der Waals surface area contributed by atoms with Crippen molar-refractivity contribution in [3.05, 3.63) is 27.1 Å². The van der Waals surface area contributed by atoms with E-state index in [1.54, 1.807) is 4.90 Å². The van der Waals surface area contributed by atoms with Crippen LogP contribution in [0, 0.1) is 16.0 Å². The molecule has 0 radical (unpaired) electrons. The summed E-state index contributed by atoms with van der Waals surface area (Å²) in [6.07, 6.45) is 0. The highest BCUT2D eigenvalue weighted by Crippen LogP contribution is 2.26. The zero-order chi connectivity index (χ0) is 12.6. The van der Waals surface area contributed by atoms with Crippen molar-refractivity contribution >= 4 is 22.2 Å². The van der Waals surface area contributed by atoms with Crippen LogP contribution in [0.2, 0.25) is 0 Å². The van der Waals surface area contributed by atoms with Gasteiger partial charge in [0.25, 0.3) is 5.91 Å². The van der Waals surface area contributed by atoms with Crippen LogP contribution in [0.3, 0.4) is 0 Å². The summed E-state index contributed by atoms with van der Waals surface area (Å²) in [5.41, 5.74) is 5.84. The van der Waals surface area contributed by atoms with E-state index in [-0.39, 0.29) is 22.9 Å². The maximum Gasteiger partial charge on any atom is 0.324 e. The second-order valence-corrected chi connectivity index (χ2v) is 5.31. The molecule has 0 aromatic carbocycles. The number of nitro groups is 1. The Kier molecular flexibility index (Phi) is 3.12. The minimum Gasteiger partial charge on any atom is -0.336 e. The fourth-order valence-corrected chi connectivity index (χ4v) is 2.64. The monoisotopic (exact) mass is 255 g/mol. The Morgan fingerprint density at radius 3 is 2.76 bits per heavy atom. The van der Waals surface area contributed by atoms with Gasteiger partial charge in [-0.2, -0.15) is 0 Å². The van der Waals surface area contributed by atoms with E-state index < -0.39 is 4.92 Å². The molecule has 1 aliphatic heterocycles. The van der Waals surface area contributed by atoms with E-state index in [1.165, 1.54) is 12.1 Å². The Balaban J connectivity index is 2.12. The topological polar surface area (TPSA) is 89.5 Å². The molecule has 92 valence electrons. The van der Waals surface area contributed by atoms with Crippen LogP contribution in [0.1, 0.15) is 16.6 Å². The van der Waals surface area contributed by atoms with E-state index in [0.29, 0.717) is 18.0 Å². The minimum atomic E-state index is -0.486. The van der Waals surface area contributed by atoms with E-state index in [0.717, 1.165) is 11.3 Å². The Morgan fingerprint density at radius 1 is 1.59 bits per heavy atom. The number of carbonyl (C=O) groups excluding carboxylic acids is 1. The Labute approximate surface area is 102 Å². The van der Waals surface area contributed by atoms with Crippen molar-refractivity contribution < 1.29 is 9.72 Å². The van der Waals surface area contributed by atoms with Gasteiger partial charge in [-0.15, -0.1) is 0 Å². The number of likely N-dealkylation sites (tertiary alicyclic amines) is 1. The van der Waals surface area contributed by atoms with Crippen LogP contribution in [0.4, 0.5) is 5.00 Å². The third kappa shape index (κ3) is 2.29. The quantitative estimate of drug-likeness (QED) is 0.632. The van der Waals surface area contributed by atoms with Gasteiger partial charge in [0.15, 0.2) is 0 Å². The lowest BCUT2D eigenvalue weighted by Crippen LogP contribution is -2.31. The molecule has 2 heterocycles. The lowest BCUT2D eigenvalue weighted by molar-refractivity contribution is -0.380. The summed E-state index contributed by atoms with van der Waals surface area (Å²) in [6.45, 7) is 3.13. The Bertz CT molecular complexity index is 449. The number of nitrogens with zero attached hydrogens (tertiary/aromatic N) is 2. The summed E-state index contributed by atoms with van der Waals surface area (Å²) in [6, 6.07) is 2.85. The second-order valence-electron chi connectivity index (χ2n) is 4.25. The minimum absolute atomic E-state index is 0.00565. The van der Waals surface area contributed by atoms with Crippen LogP contribution in [0.5, 0.6) is 0 Å². The van der Waals surface area contributed by atoms with Crippen LogP contribution in [0.25, 0.3) is 0 Å². The van der Waals surface area contributed by atoms with Crippen LogP contribution < -0.4 is 5.73 Å². The predicted molar refractivity (Wildman–Crippen MR) is 64.0 cm³/mol. The average Bonchev–Trinajstić information content (AvgIpc) is 2.86. The second kappa shape index (κ2) is 4.42. The molecule has 17 heavy (non-hydrogen) atoms. The number of thiophene rings is 1. The normalized spacial score (nSPS) is 24.0. The first-order chi connectivity index (χ1) is 7.99. The molecule has 1 aromatic heterocycles. The number of carbonyl (C=O) groups is 1. The van der Waals surface area contributed by atoms with Gasteiger partial charge in [0.2, 0.25) is 0 Å². The molecular formula is C10H13N3O3S. The predicted octanol–water partition coefficient (Wildman–Crippen LogP) is 1.08. The molecule has 2 atom stereocenters. The van der Waals surface area contributed by atoms with Crippen molar-refractivity contribution in [1.82, 2.24) is 4.90 Å². The summed E-state index contributed by atoms with van der Waals surface area (Å²) in [7, 11) is 0. The molecule has 1 fully saturated rings. The standard InChI is InChI=1S/C10H13N3O3S/c1-6-4-12(5-7(6)11)10(14)8-2-3-9(17-8)13(15)16/h2-3,6-7H,4-5,11H2,1H3. The molecule has 7 heteroatoms. The molecule has 1 saturated heterocycles. The van der Waals surface area contributed by atoms with Gasteiger partial charge in [-0.3, -0.25) is 14.9 Å². The van der Waals surface area contributed by atoms with E-state index in [2.05, 4.69) is 0 Å². The first-order valence-electron chi connectivity index (χ1n) is 5.28. The van der Waals surface area contributed by atoms with Gasteiger partial charge in [-0.25, -0.2) is 0 Å². The van der Waals surface area contributed by atoms with Gasteiger partial charge >= 0.3 is 5.00 Å². The average molecular weight is 255 g/mol. The molecule has 1 aliphatic rings. The van der Waals surface area contributed by atoms with Crippen LogP contribution in [-0.4, -0.2) is 34.9 Å². The van der Waals surface area contributed by atoms with E-state index in [1.807, 2.05) is 6.92 Å². The van der Waals surface area contributed by atoms with E-state index >= 15 is 0 Å². The summed E-state index contributed by atoms with van der Waals surface area (Å²) < 4.78 is 0. The number of amides is 1. The van der Waals surface area contributed by atoms with Crippen molar-refractivity contribution in [2.75, 3.05) is 13.1 Å². The molecule has 1 amide bonds. The van der Waals surface area contributed by atoms with Crippen molar-refractivity contribution in [1.29, 1.82) is 0 Å². The van der Waals surface area contributed by atoms with Crippen LogP contribution in [0.15, 0.2) is 12.1 Å².